The van der Waals surface area contributed by atoms with Crippen LogP contribution in [0.5, 0.6) is 0 Å². The molecule has 106 valence electrons. The number of halogens is 2. The van der Waals surface area contributed by atoms with E-state index >= 15 is 0 Å². The van der Waals surface area contributed by atoms with Gasteiger partial charge in [-0.3, -0.25) is 4.90 Å². The van der Waals surface area contributed by atoms with Gasteiger partial charge in [-0.1, -0.05) is 25.4 Å². The van der Waals surface area contributed by atoms with Gasteiger partial charge in [0, 0.05) is 44.8 Å². The predicted octanol–water partition coefficient (Wildman–Crippen LogP) is 3.25. The van der Waals surface area contributed by atoms with Gasteiger partial charge in [-0.25, -0.2) is 4.98 Å². The monoisotopic (exact) mass is 301 g/mol. The number of piperazine rings is 1. The van der Waals surface area contributed by atoms with Gasteiger partial charge in [0.15, 0.2) is 0 Å². The molecule has 0 aromatic carbocycles. The lowest BCUT2D eigenvalue weighted by Gasteiger charge is -2.36. The normalized spacial score (nSPS) is 17.2. The Morgan fingerprint density at radius 1 is 1.26 bits per heavy atom. The first-order valence-corrected chi connectivity index (χ1v) is 7.69. The summed E-state index contributed by atoms with van der Waals surface area (Å²) in [6, 6.07) is 1.91. The van der Waals surface area contributed by atoms with Crippen molar-refractivity contribution >= 4 is 29.0 Å². The third kappa shape index (κ3) is 3.98. The molecular weight excluding hydrogens is 281 g/mol. The van der Waals surface area contributed by atoms with Crippen molar-refractivity contribution in [2.45, 2.75) is 19.7 Å². The molecule has 5 heteroatoms. The van der Waals surface area contributed by atoms with Crippen molar-refractivity contribution in [3.05, 3.63) is 22.8 Å². The second kappa shape index (κ2) is 6.78. The molecule has 1 aliphatic rings. The van der Waals surface area contributed by atoms with Crippen LogP contribution in [0, 0.1) is 5.92 Å². The third-order valence-corrected chi connectivity index (χ3v) is 3.91. The molecule has 2 rings (SSSR count). The Balaban J connectivity index is 1.97. The number of alkyl halides is 1. The van der Waals surface area contributed by atoms with E-state index in [1.807, 2.05) is 12.3 Å². The lowest BCUT2D eigenvalue weighted by molar-refractivity contribution is 0.231. The zero-order chi connectivity index (χ0) is 13.8. The van der Waals surface area contributed by atoms with Crippen LogP contribution in [0.3, 0.4) is 0 Å². The van der Waals surface area contributed by atoms with E-state index in [0.717, 1.165) is 43.5 Å². The summed E-state index contributed by atoms with van der Waals surface area (Å²) in [5.74, 6) is 2.06. The maximum Gasteiger partial charge on any atom is 0.147 e. The molecule has 0 radical (unpaired) electrons. The number of aromatic nitrogens is 1. The van der Waals surface area contributed by atoms with Crippen LogP contribution in [0.25, 0.3) is 0 Å². The van der Waals surface area contributed by atoms with Gasteiger partial charge in [-0.2, -0.15) is 0 Å². The average Bonchev–Trinajstić information content (AvgIpc) is 2.39. The molecular formula is C14H21Cl2N3. The first-order chi connectivity index (χ1) is 9.10. The van der Waals surface area contributed by atoms with E-state index in [1.165, 1.54) is 6.54 Å². The van der Waals surface area contributed by atoms with E-state index < -0.39 is 0 Å². The van der Waals surface area contributed by atoms with Crippen LogP contribution in [0.15, 0.2) is 12.3 Å². The van der Waals surface area contributed by atoms with E-state index in [1.54, 1.807) is 0 Å². The molecule has 1 saturated heterocycles. The lowest BCUT2D eigenvalue weighted by Crippen LogP contribution is -2.47. The molecule has 0 saturated carbocycles. The number of anilines is 1. The maximum absolute atomic E-state index is 6.29. The highest BCUT2D eigenvalue weighted by molar-refractivity contribution is 6.33. The summed E-state index contributed by atoms with van der Waals surface area (Å²) >= 11 is 12.1. The summed E-state index contributed by atoms with van der Waals surface area (Å²) in [4.78, 5) is 9.21. The first kappa shape index (κ1) is 14.9. The molecule has 2 heterocycles. The Hall–Kier alpha value is -0.510. The maximum atomic E-state index is 6.29. The van der Waals surface area contributed by atoms with Gasteiger partial charge >= 0.3 is 0 Å². The highest BCUT2D eigenvalue weighted by Gasteiger charge is 2.20. The van der Waals surface area contributed by atoms with Crippen LogP contribution in [-0.2, 0) is 5.88 Å². The van der Waals surface area contributed by atoms with Gasteiger partial charge in [0.25, 0.3) is 0 Å². The van der Waals surface area contributed by atoms with Crippen molar-refractivity contribution < 1.29 is 0 Å². The minimum atomic E-state index is 0.454. The quantitative estimate of drug-likeness (QED) is 0.796. The number of hydrogen-bond donors (Lipinski definition) is 0. The van der Waals surface area contributed by atoms with Crippen molar-refractivity contribution in [3.8, 4) is 0 Å². The van der Waals surface area contributed by atoms with E-state index in [9.17, 15) is 0 Å². The van der Waals surface area contributed by atoms with Crippen LogP contribution in [0.2, 0.25) is 5.02 Å². The zero-order valence-electron chi connectivity index (χ0n) is 11.6. The molecule has 1 aromatic heterocycles. The number of hydrogen-bond acceptors (Lipinski definition) is 3. The number of nitrogens with zero attached hydrogens (tertiary/aromatic N) is 3. The van der Waals surface area contributed by atoms with Gasteiger partial charge < -0.3 is 4.90 Å². The Morgan fingerprint density at radius 2 is 1.95 bits per heavy atom. The topological polar surface area (TPSA) is 19.4 Å². The van der Waals surface area contributed by atoms with Gasteiger partial charge in [0.2, 0.25) is 0 Å². The summed E-state index contributed by atoms with van der Waals surface area (Å²) in [6.45, 7) is 9.81. The summed E-state index contributed by atoms with van der Waals surface area (Å²) in [5.41, 5.74) is 0.967. The number of rotatable bonds is 4. The van der Waals surface area contributed by atoms with E-state index in [0.29, 0.717) is 10.9 Å². The van der Waals surface area contributed by atoms with Crippen molar-refractivity contribution in [2.75, 3.05) is 37.6 Å². The summed E-state index contributed by atoms with van der Waals surface area (Å²) in [5, 5.41) is 0.704. The van der Waals surface area contributed by atoms with Crippen molar-refractivity contribution in [2.24, 2.45) is 5.92 Å². The van der Waals surface area contributed by atoms with Gasteiger partial charge in [-0.05, 0) is 17.5 Å². The molecule has 1 aromatic rings. The molecule has 0 spiro atoms. The van der Waals surface area contributed by atoms with E-state index in [-0.39, 0.29) is 0 Å². The molecule has 0 atom stereocenters. The summed E-state index contributed by atoms with van der Waals surface area (Å²) < 4.78 is 0. The standard InChI is InChI=1S/C14H21Cl2N3/c1-11(2)10-18-3-5-19(6-4-18)14-13(16)7-12(8-15)9-17-14/h7,9,11H,3-6,8,10H2,1-2H3. The molecule has 0 bridgehead atoms. The molecule has 1 aliphatic heterocycles. The molecule has 0 aliphatic carbocycles. The van der Waals surface area contributed by atoms with Crippen molar-refractivity contribution in [1.82, 2.24) is 9.88 Å². The fourth-order valence-electron chi connectivity index (χ4n) is 2.43. The van der Waals surface area contributed by atoms with Gasteiger partial charge in [0.1, 0.15) is 5.82 Å². The first-order valence-electron chi connectivity index (χ1n) is 6.78. The van der Waals surface area contributed by atoms with Crippen LogP contribution in [0.4, 0.5) is 5.82 Å². The van der Waals surface area contributed by atoms with Gasteiger partial charge in [-0.15, -0.1) is 11.6 Å². The highest BCUT2D eigenvalue weighted by Crippen LogP contribution is 2.25. The second-order valence-electron chi connectivity index (χ2n) is 5.46. The zero-order valence-corrected chi connectivity index (χ0v) is 13.1. The Labute approximate surface area is 125 Å². The smallest absolute Gasteiger partial charge is 0.147 e. The third-order valence-electron chi connectivity index (χ3n) is 3.33. The Kier molecular flexibility index (Phi) is 5.31. The Bertz CT molecular complexity index is 415. The Morgan fingerprint density at radius 3 is 2.47 bits per heavy atom. The number of pyridine rings is 1. The van der Waals surface area contributed by atoms with Crippen LogP contribution in [-0.4, -0.2) is 42.6 Å². The van der Waals surface area contributed by atoms with Crippen molar-refractivity contribution in [1.29, 1.82) is 0 Å². The molecule has 3 nitrogen and oxygen atoms in total. The van der Waals surface area contributed by atoms with E-state index in [2.05, 4.69) is 28.6 Å². The van der Waals surface area contributed by atoms with Crippen LogP contribution < -0.4 is 4.90 Å². The molecule has 19 heavy (non-hydrogen) atoms. The minimum absolute atomic E-state index is 0.454. The molecule has 1 fully saturated rings. The SMILES string of the molecule is CC(C)CN1CCN(c2ncc(CCl)cc2Cl)CC1. The highest BCUT2D eigenvalue weighted by atomic mass is 35.5. The largest absolute Gasteiger partial charge is 0.353 e. The average molecular weight is 302 g/mol. The summed E-state index contributed by atoms with van der Waals surface area (Å²) in [7, 11) is 0. The second-order valence-corrected chi connectivity index (χ2v) is 6.14. The minimum Gasteiger partial charge on any atom is -0.353 e. The lowest BCUT2D eigenvalue weighted by atomic mass is 10.2. The molecule has 0 amide bonds. The van der Waals surface area contributed by atoms with Crippen LogP contribution >= 0.6 is 23.2 Å². The predicted molar refractivity (Wildman–Crippen MR) is 82.3 cm³/mol. The fraction of sp³-hybridized carbons (Fsp3) is 0.643. The molecule has 0 unspecified atom stereocenters. The van der Waals surface area contributed by atoms with Gasteiger partial charge in [0.05, 0.1) is 5.02 Å². The van der Waals surface area contributed by atoms with Crippen molar-refractivity contribution in [3.63, 3.8) is 0 Å². The van der Waals surface area contributed by atoms with Crippen LogP contribution in [0.1, 0.15) is 19.4 Å². The molecule has 0 N–H and O–H groups in total. The fourth-order valence-corrected chi connectivity index (χ4v) is 2.89. The van der Waals surface area contributed by atoms with E-state index in [4.69, 9.17) is 23.2 Å². The summed E-state index contributed by atoms with van der Waals surface area (Å²) in [6.07, 6.45) is 1.81.